The van der Waals surface area contributed by atoms with Crippen LogP contribution in [-0.4, -0.2) is 4.98 Å². The molecule has 0 aliphatic heterocycles. The van der Waals surface area contributed by atoms with E-state index in [1.165, 1.54) is 17.7 Å². The van der Waals surface area contributed by atoms with Gasteiger partial charge in [-0.05, 0) is 34.7 Å². The molecular formula is C6H6BrNS. The molecule has 1 fully saturated rings. The van der Waals surface area contributed by atoms with Gasteiger partial charge in [0.05, 0.1) is 0 Å². The van der Waals surface area contributed by atoms with Crippen molar-refractivity contribution in [2.75, 3.05) is 0 Å². The number of rotatable bonds is 1. The predicted octanol–water partition coefficient (Wildman–Crippen LogP) is 2.78. The van der Waals surface area contributed by atoms with Crippen LogP contribution >= 0.6 is 27.3 Å². The molecule has 0 spiro atoms. The van der Waals surface area contributed by atoms with Gasteiger partial charge in [0.2, 0.25) is 0 Å². The molecule has 1 nitrogen and oxygen atoms in total. The second-order valence-corrected chi connectivity index (χ2v) is 4.63. The minimum Gasteiger partial charge on any atom is -0.237 e. The molecule has 0 N–H and O–H groups in total. The highest BCUT2D eigenvalue weighted by Gasteiger charge is 2.25. The van der Waals surface area contributed by atoms with Crippen LogP contribution in [0.1, 0.15) is 23.6 Å². The Hall–Kier alpha value is 0.110. The highest BCUT2D eigenvalue weighted by molar-refractivity contribution is 9.11. The van der Waals surface area contributed by atoms with E-state index in [2.05, 4.69) is 20.9 Å². The summed E-state index contributed by atoms with van der Waals surface area (Å²) < 4.78 is 1.02. The third-order valence-corrected chi connectivity index (χ3v) is 3.11. The number of hydrogen-bond acceptors (Lipinski definition) is 2. The Morgan fingerprint density at radius 1 is 1.67 bits per heavy atom. The zero-order chi connectivity index (χ0) is 6.27. The van der Waals surface area contributed by atoms with Crippen molar-refractivity contribution in [3.63, 3.8) is 0 Å². The van der Waals surface area contributed by atoms with E-state index >= 15 is 0 Å². The first kappa shape index (κ1) is 5.86. The van der Waals surface area contributed by atoms with Crippen LogP contribution in [0.5, 0.6) is 0 Å². The van der Waals surface area contributed by atoms with E-state index in [-0.39, 0.29) is 0 Å². The number of nitrogens with zero attached hydrogens (tertiary/aromatic N) is 1. The molecule has 1 aliphatic rings. The second kappa shape index (κ2) is 2.06. The SMILES string of the molecule is Brc1ncc(C2CC2)s1. The monoisotopic (exact) mass is 203 g/mol. The average molecular weight is 204 g/mol. The van der Waals surface area contributed by atoms with Gasteiger partial charge in [0.15, 0.2) is 3.92 Å². The van der Waals surface area contributed by atoms with Gasteiger partial charge in [-0.1, -0.05) is 0 Å². The Kier molecular flexibility index (Phi) is 1.34. The van der Waals surface area contributed by atoms with Gasteiger partial charge in [0.1, 0.15) is 0 Å². The summed E-state index contributed by atoms with van der Waals surface area (Å²) in [6.07, 6.45) is 4.72. The molecule has 1 aromatic rings. The standard InChI is InChI=1S/C6H6BrNS/c7-6-8-3-5(9-6)4-1-2-4/h3-4H,1-2H2. The van der Waals surface area contributed by atoms with Crippen LogP contribution in [0.3, 0.4) is 0 Å². The summed E-state index contributed by atoms with van der Waals surface area (Å²) in [5, 5.41) is 0. The van der Waals surface area contributed by atoms with Crippen LogP contribution in [0.15, 0.2) is 10.1 Å². The van der Waals surface area contributed by atoms with Crippen LogP contribution in [0.4, 0.5) is 0 Å². The van der Waals surface area contributed by atoms with Gasteiger partial charge in [0, 0.05) is 11.1 Å². The van der Waals surface area contributed by atoms with Crippen molar-refractivity contribution < 1.29 is 0 Å². The molecule has 1 heterocycles. The van der Waals surface area contributed by atoms with Crippen LogP contribution in [0, 0.1) is 0 Å². The fraction of sp³-hybridized carbons (Fsp3) is 0.500. The quantitative estimate of drug-likeness (QED) is 0.685. The Balaban J connectivity index is 2.28. The Morgan fingerprint density at radius 2 is 2.44 bits per heavy atom. The molecule has 1 aliphatic carbocycles. The van der Waals surface area contributed by atoms with Crippen LogP contribution in [-0.2, 0) is 0 Å². The number of aromatic nitrogens is 1. The van der Waals surface area contributed by atoms with E-state index in [0.717, 1.165) is 9.83 Å². The lowest BCUT2D eigenvalue weighted by Gasteiger charge is -1.81. The van der Waals surface area contributed by atoms with Gasteiger partial charge in [-0.2, -0.15) is 0 Å². The Labute approximate surface area is 66.2 Å². The van der Waals surface area contributed by atoms with Gasteiger partial charge in [-0.25, -0.2) is 4.98 Å². The number of hydrogen-bond donors (Lipinski definition) is 0. The van der Waals surface area contributed by atoms with Crippen LogP contribution in [0.25, 0.3) is 0 Å². The summed E-state index contributed by atoms with van der Waals surface area (Å²) in [6.45, 7) is 0. The van der Waals surface area contributed by atoms with Crippen LogP contribution < -0.4 is 0 Å². The van der Waals surface area contributed by atoms with Crippen molar-refractivity contribution >= 4 is 27.3 Å². The molecule has 2 rings (SSSR count). The molecule has 9 heavy (non-hydrogen) atoms. The van der Waals surface area contributed by atoms with E-state index in [9.17, 15) is 0 Å². The summed E-state index contributed by atoms with van der Waals surface area (Å²) in [6, 6.07) is 0. The van der Waals surface area contributed by atoms with E-state index in [4.69, 9.17) is 0 Å². The maximum Gasteiger partial charge on any atom is 0.159 e. The van der Waals surface area contributed by atoms with Crippen LogP contribution in [0.2, 0.25) is 0 Å². The summed E-state index contributed by atoms with van der Waals surface area (Å²) in [5.41, 5.74) is 0. The van der Waals surface area contributed by atoms with Gasteiger partial charge in [-0.3, -0.25) is 0 Å². The summed E-state index contributed by atoms with van der Waals surface area (Å²) in [4.78, 5) is 5.56. The van der Waals surface area contributed by atoms with Crippen molar-refractivity contribution in [2.24, 2.45) is 0 Å². The molecule has 1 saturated carbocycles. The van der Waals surface area contributed by atoms with Crippen molar-refractivity contribution in [3.05, 3.63) is 15.0 Å². The minimum absolute atomic E-state index is 0.855. The number of thiazole rings is 1. The molecule has 48 valence electrons. The van der Waals surface area contributed by atoms with Gasteiger partial charge in [-0.15, -0.1) is 11.3 Å². The predicted molar refractivity (Wildman–Crippen MR) is 41.8 cm³/mol. The van der Waals surface area contributed by atoms with E-state index in [1.54, 1.807) is 11.3 Å². The van der Waals surface area contributed by atoms with Gasteiger partial charge < -0.3 is 0 Å². The first-order valence-electron chi connectivity index (χ1n) is 2.97. The number of halogens is 1. The molecule has 3 heteroatoms. The third-order valence-electron chi connectivity index (χ3n) is 1.48. The average Bonchev–Trinajstić information content (AvgIpc) is 2.58. The molecular weight excluding hydrogens is 198 g/mol. The third kappa shape index (κ3) is 1.17. The fourth-order valence-corrected chi connectivity index (χ4v) is 2.29. The first-order valence-corrected chi connectivity index (χ1v) is 4.58. The normalized spacial score (nSPS) is 18.3. The maximum absolute atomic E-state index is 4.11. The smallest absolute Gasteiger partial charge is 0.159 e. The second-order valence-electron chi connectivity index (χ2n) is 2.29. The highest BCUT2D eigenvalue weighted by atomic mass is 79.9. The molecule has 0 radical (unpaired) electrons. The van der Waals surface area contributed by atoms with Gasteiger partial charge in [0.25, 0.3) is 0 Å². The Morgan fingerprint density at radius 3 is 2.89 bits per heavy atom. The van der Waals surface area contributed by atoms with Crippen molar-refractivity contribution in [2.45, 2.75) is 18.8 Å². The largest absolute Gasteiger partial charge is 0.237 e. The Bertz CT molecular complexity index is 217. The molecule has 0 amide bonds. The molecule has 0 atom stereocenters. The summed E-state index contributed by atoms with van der Waals surface area (Å²) in [5.74, 6) is 0.855. The summed E-state index contributed by atoms with van der Waals surface area (Å²) in [7, 11) is 0. The van der Waals surface area contributed by atoms with E-state index < -0.39 is 0 Å². The zero-order valence-corrected chi connectivity index (χ0v) is 7.20. The van der Waals surface area contributed by atoms with E-state index in [1.807, 2.05) is 6.20 Å². The molecule has 0 unspecified atom stereocenters. The van der Waals surface area contributed by atoms with Gasteiger partial charge >= 0.3 is 0 Å². The molecule has 1 aromatic heterocycles. The lowest BCUT2D eigenvalue weighted by molar-refractivity contribution is 1.16. The van der Waals surface area contributed by atoms with E-state index in [0.29, 0.717) is 0 Å². The lowest BCUT2D eigenvalue weighted by Crippen LogP contribution is -1.64. The molecule has 0 aromatic carbocycles. The fourth-order valence-electron chi connectivity index (χ4n) is 0.821. The molecule has 0 saturated heterocycles. The highest BCUT2D eigenvalue weighted by Crippen LogP contribution is 2.43. The van der Waals surface area contributed by atoms with Crippen molar-refractivity contribution in [1.29, 1.82) is 0 Å². The zero-order valence-electron chi connectivity index (χ0n) is 4.80. The van der Waals surface area contributed by atoms with Crippen molar-refractivity contribution in [3.8, 4) is 0 Å². The lowest BCUT2D eigenvalue weighted by atomic mass is 10.4. The first-order chi connectivity index (χ1) is 4.36. The van der Waals surface area contributed by atoms with Crippen molar-refractivity contribution in [1.82, 2.24) is 4.98 Å². The maximum atomic E-state index is 4.11. The molecule has 0 bridgehead atoms. The minimum atomic E-state index is 0.855. The summed E-state index contributed by atoms with van der Waals surface area (Å²) >= 11 is 5.10. The topological polar surface area (TPSA) is 12.9 Å².